The zero-order chi connectivity index (χ0) is 36.4. The molecule has 0 amide bonds. The molecule has 12 nitrogen and oxygen atoms in total. The van der Waals surface area contributed by atoms with Crippen molar-refractivity contribution in [3.63, 3.8) is 0 Å². The van der Waals surface area contributed by atoms with Gasteiger partial charge in [-0.2, -0.15) is 0 Å². The molecule has 17 atom stereocenters. The summed E-state index contributed by atoms with van der Waals surface area (Å²) in [6.07, 6.45) is 9.62. The first-order valence-corrected chi connectivity index (χ1v) is 19.4. The lowest BCUT2D eigenvalue weighted by atomic mass is 9.68. The van der Waals surface area contributed by atoms with E-state index in [4.69, 9.17) is 4.99 Å². The maximum Gasteiger partial charge on any atom is 0.0930 e. The minimum absolute atomic E-state index is 0.262. The van der Waals surface area contributed by atoms with Crippen LogP contribution in [0.5, 0.6) is 0 Å². The van der Waals surface area contributed by atoms with Gasteiger partial charge >= 0.3 is 0 Å². The van der Waals surface area contributed by atoms with Gasteiger partial charge in [-0.3, -0.25) is 4.99 Å². The van der Waals surface area contributed by atoms with Gasteiger partial charge in [0.25, 0.3) is 0 Å². The van der Waals surface area contributed by atoms with Crippen molar-refractivity contribution in [1.29, 1.82) is 0 Å². The number of aliphatic hydroxyl groups excluding tert-OH is 8. The fourth-order valence-electron chi connectivity index (χ4n) is 13.0. The van der Waals surface area contributed by atoms with Crippen molar-refractivity contribution < 1.29 is 40.9 Å². The second kappa shape index (κ2) is 10.00. The predicted molar refractivity (Wildman–Crippen MR) is 194 cm³/mol. The summed E-state index contributed by atoms with van der Waals surface area (Å²) in [5.74, 6) is -2.94. The number of aromatic nitrogens is 3. The van der Waals surface area contributed by atoms with Crippen LogP contribution in [0.15, 0.2) is 40.4 Å². The van der Waals surface area contributed by atoms with Crippen LogP contribution in [0.2, 0.25) is 0 Å². The standard InChI is InChI=1S/C42H40N4O8/c47-35-11-1-3-13(37(35)49)29-21-8-23-31-15-5-17(41(53)39(15)51)33(31)25(45-23)10-26-34-18-6-16(40(52)42(18)54)32(34)24(46-26)9-22-30-14-4-2-12(36(48)38(14)50)28(30)20(44-22)7-19(43-21)27(11)29/h1-4,7-18,25,35-44,46-54H,5-6H2/b19-7?,21-8?,24-9?,26-10-. The highest BCUT2D eigenvalue weighted by atomic mass is 16.3. The topological polar surface area (TPSA) is 222 Å². The molecule has 2 fully saturated rings. The third kappa shape index (κ3) is 3.48. The van der Waals surface area contributed by atoms with E-state index < -0.39 is 78.5 Å². The van der Waals surface area contributed by atoms with Crippen molar-refractivity contribution in [3.05, 3.63) is 102 Å². The summed E-state index contributed by atoms with van der Waals surface area (Å²) in [4.78, 5) is 16.3. The van der Waals surface area contributed by atoms with E-state index in [1.165, 1.54) is 0 Å². The van der Waals surface area contributed by atoms with Crippen LogP contribution in [0, 0.1) is 11.8 Å². The molecule has 54 heavy (non-hydrogen) atoms. The normalized spacial score (nSPS) is 45.1. The number of hydrogen-bond donors (Lipinski definition) is 11. The molecule has 276 valence electrons. The highest BCUT2D eigenvalue weighted by molar-refractivity contribution is 6.23. The van der Waals surface area contributed by atoms with Gasteiger partial charge in [0.1, 0.15) is 0 Å². The summed E-state index contributed by atoms with van der Waals surface area (Å²) in [7, 11) is 0. The maximum absolute atomic E-state index is 11.3. The van der Waals surface area contributed by atoms with E-state index in [1.54, 1.807) is 0 Å². The molecule has 15 rings (SSSR count). The lowest BCUT2D eigenvalue weighted by Gasteiger charge is -2.40. The Kier molecular flexibility index (Phi) is 5.77. The van der Waals surface area contributed by atoms with Crippen molar-refractivity contribution in [2.24, 2.45) is 16.8 Å². The van der Waals surface area contributed by atoms with Crippen molar-refractivity contribution in [3.8, 4) is 0 Å². The lowest BCUT2D eigenvalue weighted by molar-refractivity contribution is -0.0105. The van der Waals surface area contributed by atoms with Crippen LogP contribution in [0.1, 0.15) is 93.1 Å². The number of hydrogen-bond acceptors (Lipinski definition) is 9. The Balaban J connectivity index is 1.15. The van der Waals surface area contributed by atoms with Gasteiger partial charge < -0.3 is 55.8 Å². The van der Waals surface area contributed by atoms with Crippen LogP contribution < -0.4 is 21.4 Å². The molecule has 3 aromatic rings. The van der Waals surface area contributed by atoms with Gasteiger partial charge in [0.05, 0.1) is 60.6 Å². The average Bonchev–Trinajstić information content (AvgIpc) is 4.03. The van der Waals surface area contributed by atoms with E-state index >= 15 is 0 Å². The number of aromatic amines is 3. The second-order valence-corrected chi connectivity index (χ2v) is 17.5. The summed E-state index contributed by atoms with van der Waals surface area (Å²) in [5.41, 5.74) is 9.65. The highest BCUT2D eigenvalue weighted by Crippen LogP contribution is 2.55. The molecule has 12 heteroatoms. The third-order valence-electron chi connectivity index (χ3n) is 15.2. The van der Waals surface area contributed by atoms with Crippen LogP contribution in [0.25, 0.3) is 24.3 Å². The molecule has 3 aromatic heterocycles. The van der Waals surface area contributed by atoms with Crippen molar-refractivity contribution in [2.45, 2.75) is 103 Å². The van der Waals surface area contributed by atoms with Crippen molar-refractivity contribution in [2.75, 3.05) is 0 Å². The fourth-order valence-corrected chi connectivity index (χ4v) is 13.0. The highest BCUT2D eigenvalue weighted by Gasteiger charge is 2.56. The van der Waals surface area contributed by atoms with Gasteiger partial charge in [0.2, 0.25) is 0 Å². The number of aliphatic imine (C=N–C) groups is 1. The van der Waals surface area contributed by atoms with Crippen molar-refractivity contribution in [1.82, 2.24) is 15.0 Å². The quantitative estimate of drug-likeness (QED) is 0.112. The van der Waals surface area contributed by atoms with E-state index in [1.807, 2.05) is 42.5 Å². The van der Waals surface area contributed by atoms with Crippen LogP contribution >= 0.6 is 0 Å². The van der Waals surface area contributed by atoms with E-state index in [2.05, 4.69) is 21.0 Å². The molecule has 17 unspecified atom stereocenters. The largest absolute Gasteiger partial charge is 0.390 e. The Bertz CT molecular complexity index is 2660. The first-order chi connectivity index (χ1) is 26.1. The summed E-state index contributed by atoms with van der Waals surface area (Å²) in [6, 6.07) is -0.448. The molecule has 2 aliphatic heterocycles. The molecular weight excluding hydrogens is 688 g/mol. The molecule has 0 saturated heterocycles. The molecule has 16 bridgehead atoms. The third-order valence-corrected chi connectivity index (χ3v) is 15.2. The summed E-state index contributed by atoms with van der Waals surface area (Å²) >= 11 is 0. The summed E-state index contributed by atoms with van der Waals surface area (Å²) < 4.78 is 0. The maximum atomic E-state index is 11.3. The number of rotatable bonds is 0. The Hall–Kier alpha value is -4.11. The summed E-state index contributed by atoms with van der Waals surface area (Å²) in [6.45, 7) is 0. The van der Waals surface area contributed by atoms with E-state index in [9.17, 15) is 40.9 Å². The SMILES string of the molecule is OC1C2CC(C3=C2C2=NC3/C=c3\[nH]c(c4c3C3CC4C(O)C3O)=Cc3[nH]c(c4c3C3C=CC4C(O)C3O)C=c3[nH]c(c4c3C3C=CC4C(O)C3O)=C2)C1O. The molecule has 10 aliphatic carbocycles. The Morgan fingerprint density at radius 3 is 1.48 bits per heavy atom. The monoisotopic (exact) mass is 728 g/mol. The smallest absolute Gasteiger partial charge is 0.0930 e. The number of aliphatic hydroxyl groups is 8. The average molecular weight is 729 g/mol. The second-order valence-electron chi connectivity index (χ2n) is 17.5. The van der Waals surface area contributed by atoms with Gasteiger partial charge in [-0.25, -0.2) is 0 Å². The number of H-pyrrole nitrogens is 3. The molecular formula is C42H40N4O8. The Morgan fingerprint density at radius 2 is 0.889 bits per heavy atom. The number of nitrogens with one attached hydrogen (secondary N) is 3. The first kappa shape index (κ1) is 31.1. The van der Waals surface area contributed by atoms with Crippen LogP contribution in [-0.4, -0.2) is 116 Å². The van der Waals surface area contributed by atoms with Gasteiger partial charge in [-0.05, 0) is 81.7 Å². The molecule has 2 saturated carbocycles. The minimum atomic E-state index is -0.998. The molecule has 0 radical (unpaired) electrons. The number of fused-ring (bicyclic) bond motifs is 22. The zero-order valence-electron chi connectivity index (χ0n) is 28.9. The van der Waals surface area contributed by atoms with Crippen molar-refractivity contribution >= 4 is 30.0 Å². The first-order valence-electron chi connectivity index (χ1n) is 19.4. The van der Waals surface area contributed by atoms with Crippen LogP contribution in [-0.2, 0) is 0 Å². The van der Waals surface area contributed by atoms with Gasteiger partial charge in [-0.15, -0.1) is 0 Å². The Labute approximate surface area is 306 Å². The molecule has 0 aromatic carbocycles. The molecule has 11 N–H and O–H groups in total. The van der Waals surface area contributed by atoms with Crippen LogP contribution in [0.3, 0.4) is 0 Å². The van der Waals surface area contributed by atoms with Crippen LogP contribution in [0.4, 0.5) is 0 Å². The van der Waals surface area contributed by atoms with E-state index in [-0.39, 0.29) is 23.7 Å². The van der Waals surface area contributed by atoms with Gasteiger partial charge in [-0.1, -0.05) is 24.3 Å². The summed E-state index contributed by atoms with van der Waals surface area (Å²) in [5, 5.41) is 93.0. The zero-order valence-corrected chi connectivity index (χ0v) is 28.9. The molecule has 0 spiro atoms. The minimum Gasteiger partial charge on any atom is -0.390 e. The molecule has 5 heterocycles. The van der Waals surface area contributed by atoms with E-state index in [0.717, 1.165) is 77.3 Å². The Morgan fingerprint density at radius 1 is 0.444 bits per heavy atom. The van der Waals surface area contributed by atoms with Gasteiger partial charge in [0.15, 0.2) is 0 Å². The fraction of sp³-hybridized carbons (Fsp3) is 0.452. The van der Waals surface area contributed by atoms with E-state index in [0.29, 0.717) is 18.6 Å². The predicted octanol–water partition coefficient (Wildman–Crippen LogP) is -2.35. The van der Waals surface area contributed by atoms with Gasteiger partial charge in [0, 0.05) is 80.1 Å². The molecule has 12 aliphatic rings. The lowest BCUT2D eigenvalue weighted by Crippen LogP contribution is -2.45. The number of nitrogens with zero attached hydrogens (tertiary/aromatic N) is 1.